The van der Waals surface area contributed by atoms with E-state index in [-0.39, 0.29) is 24.0 Å². The van der Waals surface area contributed by atoms with Crippen LogP contribution >= 0.6 is 24.0 Å². The van der Waals surface area contributed by atoms with Crippen molar-refractivity contribution in [2.75, 3.05) is 63.9 Å². The van der Waals surface area contributed by atoms with E-state index >= 15 is 0 Å². The van der Waals surface area contributed by atoms with E-state index in [2.05, 4.69) is 44.5 Å². The molecule has 0 bridgehead atoms. The third-order valence-corrected chi connectivity index (χ3v) is 4.83. The van der Waals surface area contributed by atoms with Crippen LogP contribution in [0.4, 0.5) is 5.82 Å². The number of aromatic nitrogens is 1. The minimum absolute atomic E-state index is 0. The Hall–Kier alpha value is -1.13. The molecule has 3 rings (SSSR count). The summed E-state index contributed by atoms with van der Waals surface area (Å²) in [6.07, 6.45) is 4.50. The number of pyridine rings is 1. The number of hydrogen-bond donors (Lipinski definition) is 2. The van der Waals surface area contributed by atoms with Crippen molar-refractivity contribution >= 4 is 35.8 Å². The molecule has 0 spiro atoms. The number of ether oxygens (including phenoxy) is 1. The minimum atomic E-state index is 0. The van der Waals surface area contributed by atoms with Gasteiger partial charge in [-0.25, -0.2) is 9.98 Å². The smallest absolute Gasteiger partial charge is 0.191 e. The zero-order valence-corrected chi connectivity index (χ0v) is 18.7. The first-order chi connectivity index (χ1) is 12.8. The monoisotopic (exact) mass is 488 g/mol. The maximum Gasteiger partial charge on any atom is 0.191 e. The van der Waals surface area contributed by atoms with Crippen molar-refractivity contribution < 1.29 is 4.74 Å². The Labute approximate surface area is 180 Å². The van der Waals surface area contributed by atoms with Gasteiger partial charge < -0.3 is 20.3 Å². The first-order valence-electron chi connectivity index (χ1n) is 9.87. The number of nitrogens with one attached hydrogen (secondary N) is 2. The topological polar surface area (TPSA) is 65.0 Å². The fourth-order valence-electron chi connectivity index (χ4n) is 3.31. The van der Waals surface area contributed by atoms with Crippen molar-refractivity contribution in [1.82, 2.24) is 20.5 Å². The van der Waals surface area contributed by atoms with Crippen molar-refractivity contribution in [2.24, 2.45) is 4.99 Å². The van der Waals surface area contributed by atoms with Gasteiger partial charge in [0, 0.05) is 52.0 Å². The quantitative estimate of drug-likeness (QED) is 0.346. The Bertz CT molecular complexity index is 556. The van der Waals surface area contributed by atoms with Gasteiger partial charge in [-0.2, -0.15) is 0 Å². The van der Waals surface area contributed by atoms with Crippen LogP contribution < -0.4 is 15.5 Å². The van der Waals surface area contributed by atoms with Gasteiger partial charge in [0.15, 0.2) is 5.96 Å². The van der Waals surface area contributed by atoms with Crippen LogP contribution in [-0.2, 0) is 11.3 Å². The number of morpholine rings is 1. The summed E-state index contributed by atoms with van der Waals surface area (Å²) in [6.45, 7) is 11.5. The summed E-state index contributed by atoms with van der Waals surface area (Å²) in [7, 11) is 0. The lowest BCUT2D eigenvalue weighted by Crippen LogP contribution is -2.44. The second-order valence-electron chi connectivity index (χ2n) is 6.79. The molecule has 0 aliphatic carbocycles. The maximum absolute atomic E-state index is 5.39. The first kappa shape index (κ1) is 22.2. The predicted octanol–water partition coefficient (Wildman–Crippen LogP) is 1.69. The average molecular weight is 488 g/mol. The van der Waals surface area contributed by atoms with Crippen molar-refractivity contribution in [2.45, 2.75) is 26.3 Å². The van der Waals surface area contributed by atoms with Crippen LogP contribution in [0.1, 0.15) is 25.3 Å². The van der Waals surface area contributed by atoms with E-state index in [0.717, 1.165) is 76.4 Å². The van der Waals surface area contributed by atoms with Gasteiger partial charge in [0.05, 0.1) is 19.8 Å². The second kappa shape index (κ2) is 12.4. The van der Waals surface area contributed by atoms with Crippen LogP contribution in [0.2, 0.25) is 0 Å². The summed E-state index contributed by atoms with van der Waals surface area (Å²) in [5.41, 5.74) is 1.14. The number of hydrogen-bond acceptors (Lipinski definition) is 5. The summed E-state index contributed by atoms with van der Waals surface area (Å²) >= 11 is 0. The zero-order valence-electron chi connectivity index (χ0n) is 16.3. The molecular weight excluding hydrogens is 455 g/mol. The number of rotatable bonds is 7. The van der Waals surface area contributed by atoms with Gasteiger partial charge in [0.1, 0.15) is 5.82 Å². The molecule has 8 heteroatoms. The molecule has 2 aliphatic heterocycles. The summed E-state index contributed by atoms with van der Waals surface area (Å²) in [5.74, 6) is 1.95. The van der Waals surface area contributed by atoms with Crippen LogP contribution in [0.25, 0.3) is 0 Å². The molecular formula is C19H33IN6O. The van der Waals surface area contributed by atoms with Crippen molar-refractivity contribution in [1.29, 1.82) is 0 Å². The summed E-state index contributed by atoms with van der Waals surface area (Å²) in [4.78, 5) is 14.1. The van der Waals surface area contributed by atoms with Gasteiger partial charge in [0.25, 0.3) is 0 Å². The molecule has 0 atom stereocenters. The van der Waals surface area contributed by atoms with Gasteiger partial charge in [-0.15, -0.1) is 24.0 Å². The van der Waals surface area contributed by atoms with E-state index < -0.39 is 0 Å². The van der Waals surface area contributed by atoms with E-state index in [4.69, 9.17) is 9.73 Å². The van der Waals surface area contributed by atoms with Crippen LogP contribution in [0.5, 0.6) is 0 Å². The fraction of sp³-hybridized carbons (Fsp3) is 0.684. The largest absolute Gasteiger partial charge is 0.379 e. The predicted molar refractivity (Wildman–Crippen MR) is 121 cm³/mol. The molecule has 0 saturated carbocycles. The summed E-state index contributed by atoms with van der Waals surface area (Å²) in [6, 6.07) is 4.26. The Morgan fingerprint density at radius 3 is 2.59 bits per heavy atom. The summed E-state index contributed by atoms with van der Waals surface area (Å²) in [5, 5.41) is 6.74. The van der Waals surface area contributed by atoms with Crippen LogP contribution in [0, 0.1) is 0 Å². The highest BCUT2D eigenvalue weighted by Crippen LogP contribution is 2.17. The van der Waals surface area contributed by atoms with E-state index in [1.165, 1.54) is 12.8 Å². The SMILES string of the molecule is CCNC(=NCc1ccc(N2CCCC2)nc1)NCCN1CCOCC1.I. The molecule has 2 saturated heterocycles. The molecule has 0 amide bonds. The fourth-order valence-corrected chi connectivity index (χ4v) is 3.31. The Balaban J connectivity index is 0.00000261. The van der Waals surface area contributed by atoms with E-state index in [1.54, 1.807) is 0 Å². The molecule has 2 aliphatic rings. The maximum atomic E-state index is 5.39. The summed E-state index contributed by atoms with van der Waals surface area (Å²) < 4.78 is 5.39. The normalized spacial score (nSPS) is 18.3. The van der Waals surface area contributed by atoms with Gasteiger partial charge in [-0.05, 0) is 31.4 Å². The molecule has 2 fully saturated rings. The van der Waals surface area contributed by atoms with Gasteiger partial charge in [-0.3, -0.25) is 4.90 Å². The highest BCUT2D eigenvalue weighted by molar-refractivity contribution is 14.0. The first-order valence-corrected chi connectivity index (χ1v) is 9.87. The third kappa shape index (κ3) is 7.42. The number of nitrogens with zero attached hydrogens (tertiary/aromatic N) is 4. The van der Waals surface area contributed by atoms with Gasteiger partial charge in [0.2, 0.25) is 0 Å². The highest BCUT2D eigenvalue weighted by atomic mass is 127. The van der Waals surface area contributed by atoms with Gasteiger partial charge >= 0.3 is 0 Å². The van der Waals surface area contributed by atoms with E-state index in [0.29, 0.717) is 6.54 Å². The molecule has 0 radical (unpaired) electrons. The minimum Gasteiger partial charge on any atom is -0.379 e. The Morgan fingerprint density at radius 2 is 1.93 bits per heavy atom. The van der Waals surface area contributed by atoms with Gasteiger partial charge in [-0.1, -0.05) is 6.07 Å². The van der Waals surface area contributed by atoms with Crippen LogP contribution in [-0.4, -0.2) is 74.9 Å². The molecule has 2 N–H and O–H groups in total. The Morgan fingerprint density at radius 1 is 1.15 bits per heavy atom. The Kier molecular flexibility index (Phi) is 10.1. The molecule has 3 heterocycles. The zero-order chi connectivity index (χ0) is 18.0. The lowest BCUT2D eigenvalue weighted by atomic mass is 10.3. The second-order valence-corrected chi connectivity index (χ2v) is 6.79. The van der Waals surface area contributed by atoms with Crippen molar-refractivity contribution in [3.63, 3.8) is 0 Å². The molecule has 1 aromatic rings. The lowest BCUT2D eigenvalue weighted by molar-refractivity contribution is 0.0389. The van der Waals surface area contributed by atoms with Crippen molar-refractivity contribution in [3.05, 3.63) is 23.9 Å². The van der Waals surface area contributed by atoms with Crippen LogP contribution in [0.3, 0.4) is 0 Å². The molecule has 27 heavy (non-hydrogen) atoms. The van der Waals surface area contributed by atoms with E-state index in [1.807, 2.05) is 6.20 Å². The third-order valence-electron chi connectivity index (χ3n) is 4.83. The average Bonchev–Trinajstić information content (AvgIpc) is 3.22. The van der Waals surface area contributed by atoms with E-state index in [9.17, 15) is 0 Å². The number of halogens is 1. The lowest BCUT2D eigenvalue weighted by Gasteiger charge is -2.26. The molecule has 0 aromatic carbocycles. The van der Waals surface area contributed by atoms with Crippen LogP contribution in [0.15, 0.2) is 23.3 Å². The molecule has 0 unspecified atom stereocenters. The number of guanidine groups is 1. The molecule has 1 aromatic heterocycles. The molecule has 152 valence electrons. The standard InChI is InChI=1S/C19H32N6O.HI/c1-2-20-19(21-7-10-24-11-13-26-14-12-24)23-16-17-5-6-18(22-15-17)25-8-3-4-9-25;/h5-6,15H,2-4,7-14,16H2,1H3,(H2,20,21,23);1H. The highest BCUT2D eigenvalue weighted by Gasteiger charge is 2.13. The van der Waals surface area contributed by atoms with Crippen molar-refractivity contribution in [3.8, 4) is 0 Å². The number of anilines is 1. The molecule has 7 nitrogen and oxygen atoms in total. The number of aliphatic imine (C=N–C) groups is 1.